The molecule has 0 radical (unpaired) electrons. The number of carbonyl (C=O) groups is 3. The number of carbonyl (C=O) groups excluding carboxylic acids is 3. The van der Waals surface area contributed by atoms with Gasteiger partial charge in [-0.2, -0.15) is 0 Å². The Morgan fingerprint density at radius 1 is 0.897 bits per heavy atom. The van der Waals surface area contributed by atoms with Crippen LogP contribution in [-0.4, -0.2) is 49.6 Å². The molecule has 0 N–H and O–H groups in total. The summed E-state index contributed by atoms with van der Waals surface area (Å²) in [6.45, 7) is 1.04. The number of hydrogen-bond donors (Lipinski definition) is 1. The predicted octanol–water partition coefficient (Wildman–Crippen LogP) is 2.32. The number of hydrogen-bond acceptors (Lipinski definition) is 5. The zero-order valence-corrected chi connectivity index (χ0v) is 16.7. The van der Waals surface area contributed by atoms with Crippen molar-refractivity contribution in [1.82, 2.24) is 4.90 Å². The first-order valence-electron chi connectivity index (χ1n) is 9.69. The smallest absolute Gasteiger partial charge is 0.253 e. The van der Waals surface area contributed by atoms with Crippen LogP contribution >= 0.6 is 0 Å². The molecule has 0 unspecified atom stereocenters. The molecule has 6 nitrogen and oxygen atoms in total. The summed E-state index contributed by atoms with van der Waals surface area (Å²) in [7, 11) is -2.42. The highest BCUT2D eigenvalue weighted by atomic mass is 32.2. The minimum absolute atomic E-state index is 0.0770. The first kappa shape index (κ1) is 19.5. The van der Waals surface area contributed by atoms with Gasteiger partial charge in [-0.15, -0.1) is 0 Å². The highest BCUT2D eigenvalue weighted by Crippen LogP contribution is 2.28. The number of benzene rings is 2. The molecule has 0 bridgehead atoms. The van der Waals surface area contributed by atoms with Gasteiger partial charge in [-0.25, -0.2) is 8.42 Å². The minimum atomic E-state index is -2.42. The Morgan fingerprint density at radius 2 is 1.55 bits per heavy atom. The number of ketones is 2. The number of thiol groups is 1. The van der Waals surface area contributed by atoms with E-state index in [1.807, 2.05) is 0 Å². The first-order chi connectivity index (χ1) is 14.0. The number of nitrogens with zero attached hydrogens (tertiary/aromatic N) is 1. The zero-order chi connectivity index (χ0) is 20.5. The van der Waals surface area contributed by atoms with Gasteiger partial charge in [-0.1, -0.05) is 24.3 Å². The average Bonchev–Trinajstić information content (AvgIpc) is 2.96. The van der Waals surface area contributed by atoms with Crippen LogP contribution in [0.15, 0.2) is 42.5 Å². The van der Waals surface area contributed by atoms with Gasteiger partial charge in [0.2, 0.25) is 0 Å². The second kappa shape index (κ2) is 7.91. The van der Waals surface area contributed by atoms with E-state index in [4.69, 9.17) is 0 Å². The van der Waals surface area contributed by atoms with E-state index in [1.54, 1.807) is 41.3 Å². The van der Waals surface area contributed by atoms with Gasteiger partial charge in [-0.3, -0.25) is 14.4 Å². The molecule has 4 rings (SSSR count). The zero-order valence-electron chi connectivity index (χ0n) is 15.8. The number of rotatable bonds is 3. The number of likely N-dealkylation sites (tertiary alicyclic amines) is 1. The Kier molecular flexibility index (Phi) is 5.32. The van der Waals surface area contributed by atoms with E-state index < -0.39 is 10.7 Å². The van der Waals surface area contributed by atoms with Crippen LogP contribution in [0.5, 0.6) is 0 Å². The Bertz CT molecular complexity index is 1080. The van der Waals surface area contributed by atoms with Crippen LogP contribution in [0.1, 0.15) is 61.5 Å². The Balaban J connectivity index is 1.58. The summed E-state index contributed by atoms with van der Waals surface area (Å²) < 4.78 is 22.0. The summed E-state index contributed by atoms with van der Waals surface area (Å²) in [5.41, 5.74) is 1.70. The van der Waals surface area contributed by atoms with Crippen LogP contribution in [0.3, 0.4) is 0 Å². The van der Waals surface area contributed by atoms with Crippen molar-refractivity contribution in [1.29, 1.82) is 0 Å². The molecule has 1 atom stereocenters. The third-order valence-electron chi connectivity index (χ3n) is 5.71. The Hall–Kier alpha value is -2.80. The largest absolute Gasteiger partial charge is 0.339 e. The van der Waals surface area contributed by atoms with Crippen LogP contribution < -0.4 is 0 Å². The van der Waals surface area contributed by atoms with Crippen molar-refractivity contribution in [2.45, 2.75) is 19.3 Å². The van der Waals surface area contributed by atoms with Crippen LogP contribution in [0.4, 0.5) is 0 Å². The molecule has 2 aliphatic rings. The topological polar surface area (TPSA) is 88.6 Å². The average molecular weight is 411 g/mol. The summed E-state index contributed by atoms with van der Waals surface area (Å²) in [5, 5.41) is 0. The van der Waals surface area contributed by atoms with Crippen molar-refractivity contribution in [3.05, 3.63) is 70.3 Å². The quantitative estimate of drug-likeness (QED) is 0.668. The van der Waals surface area contributed by atoms with Gasteiger partial charge in [0, 0.05) is 40.9 Å². The lowest BCUT2D eigenvalue weighted by atomic mass is 9.83. The molecule has 1 amide bonds. The SMILES string of the molecule is O=C1c2ccccc2C(=O)c2cc(C(=O)N3CCC[C@H](C[SH](=O)=O)CC3)ccc21. The third kappa shape index (κ3) is 3.74. The molecule has 0 spiro atoms. The fourth-order valence-corrected chi connectivity index (χ4v) is 4.96. The second-order valence-electron chi connectivity index (χ2n) is 7.57. The van der Waals surface area contributed by atoms with Gasteiger partial charge < -0.3 is 4.90 Å². The van der Waals surface area contributed by atoms with Crippen LogP contribution in [0, 0.1) is 5.92 Å². The molecule has 2 aromatic carbocycles. The van der Waals surface area contributed by atoms with Crippen molar-refractivity contribution in [2.75, 3.05) is 18.8 Å². The normalized spacial score (nSPS) is 18.9. The fourth-order valence-electron chi connectivity index (χ4n) is 4.18. The minimum Gasteiger partial charge on any atom is -0.339 e. The maximum atomic E-state index is 13.0. The predicted molar refractivity (Wildman–Crippen MR) is 108 cm³/mol. The van der Waals surface area contributed by atoms with Crippen molar-refractivity contribution < 1.29 is 22.8 Å². The van der Waals surface area contributed by atoms with E-state index >= 15 is 0 Å². The lowest BCUT2D eigenvalue weighted by Crippen LogP contribution is -2.32. The third-order valence-corrected chi connectivity index (χ3v) is 6.53. The van der Waals surface area contributed by atoms with Gasteiger partial charge in [0.25, 0.3) is 5.91 Å². The fraction of sp³-hybridized carbons (Fsp3) is 0.318. The van der Waals surface area contributed by atoms with Crippen LogP contribution in [-0.2, 0) is 10.7 Å². The van der Waals surface area contributed by atoms with E-state index in [9.17, 15) is 22.8 Å². The number of amides is 1. The van der Waals surface area contributed by atoms with Crippen molar-refractivity contribution in [2.24, 2.45) is 5.92 Å². The Labute approximate surface area is 170 Å². The summed E-state index contributed by atoms with van der Waals surface area (Å²) in [6, 6.07) is 11.4. The van der Waals surface area contributed by atoms with Crippen LogP contribution in [0.25, 0.3) is 0 Å². The van der Waals surface area contributed by atoms with E-state index in [1.165, 1.54) is 6.07 Å². The molecular formula is C22H21NO5S. The highest BCUT2D eigenvalue weighted by molar-refractivity contribution is 7.72. The maximum absolute atomic E-state index is 13.0. The molecule has 0 aromatic heterocycles. The molecule has 2 aromatic rings. The molecule has 0 saturated carbocycles. The highest BCUT2D eigenvalue weighted by Gasteiger charge is 2.30. The monoisotopic (exact) mass is 411 g/mol. The van der Waals surface area contributed by atoms with Gasteiger partial charge >= 0.3 is 0 Å². The van der Waals surface area contributed by atoms with Crippen molar-refractivity contribution in [3.8, 4) is 0 Å². The molecule has 1 aliphatic heterocycles. The molecular weight excluding hydrogens is 390 g/mol. The molecule has 1 heterocycles. The summed E-state index contributed by atoms with van der Waals surface area (Å²) in [5.74, 6) is -0.419. The van der Waals surface area contributed by atoms with Crippen molar-refractivity contribution >= 4 is 28.2 Å². The summed E-state index contributed by atoms with van der Waals surface area (Å²) in [6.07, 6.45) is 2.17. The summed E-state index contributed by atoms with van der Waals surface area (Å²) in [4.78, 5) is 40.3. The molecule has 7 heteroatoms. The lowest BCUT2D eigenvalue weighted by Gasteiger charge is -2.22. The molecule has 1 saturated heterocycles. The van der Waals surface area contributed by atoms with Gasteiger partial charge in [0.1, 0.15) is 10.7 Å². The standard InChI is InChI=1S/C22H21NO5S/c24-20-16-5-1-2-6-17(16)21(25)19-12-15(7-8-18(19)20)22(26)23-10-3-4-14(9-11-23)13-29(27)28/h1-2,5-8,12,14,29H,3-4,9-11,13H2/t14-/m0/s1. The lowest BCUT2D eigenvalue weighted by molar-refractivity contribution is 0.0760. The summed E-state index contributed by atoms with van der Waals surface area (Å²) >= 11 is 0. The van der Waals surface area contributed by atoms with Gasteiger partial charge in [-0.05, 0) is 43.4 Å². The van der Waals surface area contributed by atoms with Gasteiger partial charge in [0.15, 0.2) is 11.6 Å². The van der Waals surface area contributed by atoms with Crippen molar-refractivity contribution in [3.63, 3.8) is 0 Å². The first-order valence-corrected chi connectivity index (χ1v) is 11.1. The van der Waals surface area contributed by atoms with E-state index in [0.717, 1.165) is 12.8 Å². The number of fused-ring (bicyclic) bond motifs is 2. The molecule has 1 aliphatic carbocycles. The van der Waals surface area contributed by atoms with Crippen LogP contribution in [0.2, 0.25) is 0 Å². The van der Waals surface area contributed by atoms with Gasteiger partial charge in [0.05, 0.1) is 5.75 Å². The second-order valence-corrected chi connectivity index (χ2v) is 8.60. The van der Waals surface area contributed by atoms with E-state index in [2.05, 4.69) is 0 Å². The molecule has 150 valence electrons. The van der Waals surface area contributed by atoms with E-state index in [0.29, 0.717) is 41.8 Å². The van der Waals surface area contributed by atoms with E-state index in [-0.39, 0.29) is 34.7 Å². The molecule has 1 fully saturated rings. The Morgan fingerprint density at radius 3 is 2.24 bits per heavy atom. The maximum Gasteiger partial charge on any atom is 0.253 e. The molecule has 29 heavy (non-hydrogen) atoms.